The number of carbonyl (C=O) groups is 1. The summed E-state index contributed by atoms with van der Waals surface area (Å²) < 4.78 is 10.1. The van der Waals surface area contributed by atoms with Crippen LogP contribution in [0.3, 0.4) is 0 Å². The second-order valence-corrected chi connectivity index (χ2v) is 11.0. The number of halogens is 1. The molecule has 2 aliphatic rings. The van der Waals surface area contributed by atoms with Crippen molar-refractivity contribution in [1.82, 2.24) is 29.3 Å². The summed E-state index contributed by atoms with van der Waals surface area (Å²) in [7, 11) is 0. The van der Waals surface area contributed by atoms with Crippen molar-refractivity contribution < 1.29 is 14.6 Å². The number of carbonyl (C=O) groups excluding carboxylic acids is 1. The normalized spacial score (nSPS) is 17.8. The zero-order valence-electron chi connectivity index (χ0n) is 21.8. The SMILES string of the molecule is C=CC(=O)N1CCC2(CC1)CC(n1ncc(-c3cc(O[C@@H](CO)c4ccccn4)c4c(Cl)cnn4c3)c1C)C2. The van der Waals surface area contributed by atoms with Crippen molar-refractivity contribution in [1.29, 1.82) is 0 Å². The molecule has 1 aliphatic carbocycles. The molecule has 1 atom stereocenters. The Balaban J connectivity index is 1.25. The lowest BCUT2D eigenvalue weighted by atomic mass is 9.60. The molecule has 10 heteroatoms. The Hall–Kier alpha value is -3.69. The molecule has 202 valence electrons. The van der Waals surface area contributed by atoms with Crippen LogP contribution < -0.4 is 4.74 Å². The molecule has 0 unspecified atom stereocenters. The Morgan fingerprint density at radius 1 is 1.28 bits per heavy atom. The van der Waals surface area contributed by atoms with Gasteiger partial charge in [0.2, 0.25) is 5.91 Å². The number of piperidine rings is 1. The number of nitrogens with zero attached hydrogens (tertiary/aromatic N) is 6. The maximum atomic E-state index is 12.0. The molecule has 9 nitrogen and oxygen atoms in total. The number of hydrogen-bond donors (Lipinski definition) is 1. The third-order valence-corrected chi connectivity index (χ3v) is 8.61. The number of likely N-dealkylation sites (tertiary alicyclic amines) is 1. The number of amides is 1. The van der Waals surface area contributed by atoms with Gasteiger partial charge in [-0.05, 0) is 62.3 Å². The zero-order valence-corrected chi connectivity index (χ0v) is 22.6. The zero-order chi connectivity index (χ0) is 27.1. The van der Waals surface area contributed by atoms with Crippen LogP contribution >= 0.6 is 11.6 Å². The average Bonchev–Trinajstić information content (AvgIpc) is 3.52. The smallest absolute Gasteiger partial charge is 0.245 e. The number of rotatable bonds is 7. The Bertz CT molecular complexity index is 1510. The molecule has 1 N–H and O–H groups in total. The first kappa shape index (κ1) is 25.6. The minimum atomic E-state index is -0.653. The molecule has 5 heterocycles. The number of ether oxygens (including phenoxy) is 1. The molecule has 0 aromatic carbocycles. The van der Waals surface area contributed by atoms with Gasteiger partial charge in [-0.2, -0.15) is 10.2 Å². The molecular weight excluding hydrogens is 516 g/mol. The van der Waals surface area contributed by atoms with Crippen molar-refractivity contribution in [3.05, 3.63) is 78.1 Å². The maximum absolute atomic E-state index is 12.0. The van der Waals surface area contributed by atoms with Crippen molar-refractivity contribution in [3.63, 3.8) is 0 Å². The van der Waals surface area contributed by atoms with E-state index in [1.165, 1.54) is 6.08 Å². The van der Waals surface area contributed by atoms with Crippen LogP contribution in [0.15, 0.2) is 61.7 Å². The molecule has 4 aromatic rings. The molecule has 1 amide bonds. The lowest BCUT2D eigenvalue weighted by Gasteiger charge is -2.52. The first-order chi connectivity index (χ1) is 18.9. The first-order valence-corrected chi connectivity index (χ1v) is 13.6. The summed E-state index contributed by atoms with van der Waals surface area (Å²) in [6.45, 7) is 7.05. The number of aliphatic hydroxyl groups is 1. The van der Waals surface area contributed by atoms with Gasteiger partial charge in [0.05, 0.1) is 35.8 Å². The number of fused-ring (bicyclic) bond motifs is 1. The van der Waals surface area contributed by atoms with Crippen molar-refractivity contribution in [2.45, 2.75) is 44.8 Å². The third-order valence-electron chi connectivity index (χ3n) is 8.33. The average molecular weight is 547 g/mol. The largest absolute Gasteiger partial charge is 0.479 e. The van der Waals surface area contributed by atoms with E-state index in [4.69, 9.17) is 21.4 Å². The van der Waals surface area contributed by atoms with Crippen LogP contribution in [0.4, 0.5) is 0 Å². The van der Waals surface area contributed by atoms with E-state index < -0.39 is 6.10 Å². The fraction of sp³-hybridized carbons (Fsp3) is 0.379. The van der Waals surface area contributed by atoms with E-state index in [1.54, 1.807) is 16.9 Å². The molecule has 6 rings (SSSR count). The minimum Gasteiger partial charge on any atom is -0.479 e. The minimum absolute atomic E-state index is 0.0254. The van der Waals surface area contributed by atoms with Crippen molar-refractivity contribution in [2.24, 2.45) is 5.41 Å². The van der Waals surface area contributed by atoms with Crippen molar-refractivity contribution in [2.75, 3.05) is 19.7 Å². The summed E-state index contributed by atoms with van der Waals surface area (Å²) in [4.78, 5) is 18.2. The van der Waals surface area contributed by atoms with Crippen LogP contribution in [0.5, 0.6) is 5.75 Å². The van der Waals surface area contributed by atoms with Crippen LogP contribution in [0.1, 0.15) is 49.2 Å². The Morgan fingerprint density at radius 3 is 2.77 bits per heavy atom. The van der Waals surface area contributed by atoms with Crippen LogP contribution in [-0.4, -0.2) is 60.0 Å². The summed E-state index contributed by atoms with van der Waals surface area (Å²) in [6, 6.07) is 7.76. The Labute approximate surface area is 231 Å². The highest BCUT2D eigenvalue weighted by Gasteiger charge is 2.47. The van der Waals surface area contributed by atoms with Gasteiger partial charge in [-0.25, -0.2) is 4.52 Å². The molecule has 0 bridgehead atoms. The predicted molar refractivity (Wildman–Crippen MR) is 148 cm³/mol. The molecule has 4 aromatic heterocycles. The van der Waals surface area contributed by atoms with Gasteiger partial charge in [-0.1, -0.05) is 24.2 Å². The van der Waals surface area contributed by atoms with Crippen molar-refractivity contribution in [3.8, 4) is 16.9 Å². The number of hydrogen-bond acceptors (Lipinski definition) is 6. The molecular formula is C29H31ClN6O3. The second kappa shape index (κ2) is 10.1. The molecule has 1 aliphatic heterocycles. The lowest BCUT2D eigenvalue weighted by Crippen LogP contribution is -2.49. The summed E-state index contributed by atoms with van der Waals surface area (Å²) >= 11 is 6.47. The van der Waals surface area contributed by atoms with Crippen molar-refractivity contribution >= 4 is 23.0 Å². The maximum Gasteiger partial charge on any atom is 0.245 e. The van der Waals surface area contributed by atoms with Crippen LogP contribution in [-0.2, 0) is 4.79 Å². The van der Waals surface area contributed by atoms with E-state index in [0.717, 1.165) is 55.6 Å². The highest BCUT2D eigenvalue weighted by molar-refractivity contribution is 6.34. The van der Waals surface area contributed by atoms with E-state index in [9.17, 15) is 9.90 Å². The fourth-order valence-corrected chi connectivity index (χ4v) is 6.35. The fourth-order valence-electron chi connectivity index (χ4n) is 6.12. The van der Waals surface area contributed by atoms with Gasteiger partial charge in [0.1, 0.15) is 11.3 Å². The molecule has 39 heavy (non-hydrogen) atoms. The first-order valence-electron chi connectivity index (χ1n) is 13.2. The molecule has 1 saturated carbocycles. The van der Waals surface area contributed by atoms with Crippen LogP contribution in [0, 0.1) is 12.3 Å². The van der Waals surface area contributed by atoms with E-state index in [2.05, 4.69) is 28.3 Å². The van der Waals surface area contributed by atoms with Gasteiger partial charge in [-0.3, -0.25) is 14.5 Å². The number of aromatic nitrogens is 5. The highest BCUT2D eigenvalue weighted by atomic mass is 35.5. The number of aliphatic hydroxyl groups excluding tert-OH is 1. The molecule has 0 radical (unpaired) electrons. The molecule has 2 fully saturated rings. The van der Waals surface area contributed by atoms with Gasteiger partial charge in [-0.15, -0.1) is 0 Å². The van der Waals surface area contributed by atoms with Crippen LogP contribution in [0.2, 0.25) is 5.02 Å². The standard InChI is InChI=1S/C29H31ClN6O3/c1-3-27(38)34-10-7-29(8-11-34)13-21(14-29)36-19(2)22(15-33-36)20-12-25(28-23(30)16-32-35(28)17-20)39-26(18-37)24-6-4-5-9-31-24/h3-6,9,12,15-17,21,26,37H,1,7-8,10-11,13-14,18H2,2H3/t26-/m0/s1. The summed E-state index contributed by atoms with van der Waals surface area (Å²) in [6.07, 6.45) is 12.0. The highest BCUT2D eigenvalue weighted by Crippen LogP contribution is 2.55. The quantitative estimate of drug-likeness (QED) is 0.334. The summed E-state index contributed by atoms with van der Waals surface area (Å²) in [5.41, 5.74) is 4.49. The topological polar surface area (TPSA) is 97.8 Å². The van der Waals surface area contributed by atoms with Gasteiger partial charge in [0.15, 0.2) is 6.10 Å². The Kier molecular flexibility index (Phi) is 6.64. The predicted octanol–water partition coefficient (Wildman–Crippen LogP) is 4.80. The van der Waals surface area contributed by atoms with E-state index in [-0.39, 0.29) is 17.9 Å². The lowest BCUT2D eigenvalue weighted by molar-refractivity contribution is -0.130. The molecule has 1 spiro atoms. The van der Waals surface area contributed by atoms with E-state index in [1.807, 2.05) is 41.6 Å². The van der Waals surface area contributed by atoms with Gasteiger partial charge >= 0.3 is 0 Å². The second-order valence-electron chi connectivity index (χ2n) is 10.6. The van der Waals surface area contributed by atoms with Gasteiger partial charge in [0, 0.05) is 42.3 Å². The van der Waals surface area contributed by atoms with E-state index in [0.29, 0.717) is 28.0 Å². The van der Waals surface area contributed by atoms with Crippen LogP contribution in [0.25, 0.3) is 16.6 Å². The summed E-state index contributed by atoms with van der Waals surface area (Å²) in [5, 5.41) is 19.7. The summed E-state index contributed by atoms with van der Waals surface area (Å²) in [5.74, 6) is 0.535. The number of pyridine rings is 2. The monoisotopic (exact) mass is 546 g/mol. The van der Waals surface area contributed by atoms with Gasteiger partial charge in [0.25, 0.3) is 0 Å². The van der Waals surface area contributed by atoms with E-state index >= 15 is 0 Å². The van der Waals surface area contributed by atoms with Gasteiger partial charge < -0.3 is 14.7 Å². The third kappa shape index (κ3) is 4.59. The Morgan fingerprint density at radius 2 is 2.08 bits per heavy atom. The molecule has 1 saturated heterocycles.